The molecule has 1 unspecified atom stereocenters. The summed E-state index contributed by atoms with van der Waals surface area (Å²) in [6.45, 7) is 2.07. The first-order valence-electron chi connectivity index (χ1n) is 5.74. The van der Waals surface area contributed by atoms with Gasteiger partial charge in [-0.25, -0.2) is 4.98 Å². The molecule has 2 aromatic rings. The van der Waals surface area contributed by atoms with Crippen LogP contribution in [0.25, 0.3) is 10.9 Å². The third-order valence-electron chi connectivity index (χ3n) is 3.13. The lowest BCUT2D eigenvalue weighted by Crippen LogP contribution is -2.11. The number of benzene rings is 1. The van der Waals surface area contributed by atoms with Crippen LogP contribution in [0.2, 0.25) is 0 Å². The fraction of sp³-hybridized carbons (Fsp3) is 0.214. The number of nitrogens with one attached hydrogen (secondary N) is 1. The van der Waals surface area contributed by atoms with E-state index in [2.05, 4.69) is 41.5 Å². The molecular weight excluding hydrogens is 212 g/mol. The highest BCUT2D eigenvalue weighted by atomic mass is 16.2. The van der Waals surface area contributed by atoms with E-state index in [-0.39, 0.29) is 6.04 Å². The summed E-state index contributed by atoms with van der Waals surface area (Å²) >= 11 is 0. The maximum Gasteiger partial charge on any atom is 0.130 e. The summed E-state index contributed by atoms with van der Waals surface area (Å²) in [6.07, 6.45) is 3.72. The van der Waals surface area contributed by atoms with Crippen molar-refractivity contribution in [2.45, 2.75) is 19.4 Å². The monoisotopic (exact) mass is 226 g/mol. The van der Waals surface area contributed by atoms with Gasteiger partial charge in [0.05, 0.1) is 17.8 Å². The molecule has 0 bridgehead atoms. The van der Waals surface area contributed by atoms with Crippen LogP contribution in [0.5, 0.6) is 0 Å². The Morgan fingerprint density at radius 3 is 3.12 bits per heavy atom. The van der Waals surface area contributed by atoms with E-state index >= 15 is 0 Å². The van der Waals surface area contributed by atoms with E-state index < -0.39 is 0 Å². The van der Waals surface area contributed by atoms with Crippen LogP contribution in [0, 0.1) is 6.92 Å². The number of hydrogen-bond acceptors (Lipinski definition) is 3. The molecule has 1 aromatic carbocycles. The fourth-order valence-corrected chi connectivity index (χ4v) is 2.29. The molecule has 0 spiro atoms. The maximum atomic E-state index is 8.79. The second-order valence-corrected chi connectivity index (χ2v) is 4.49. The molecular formula is C14H14N2O. The van der Waals surface area contributed by atoms with Crippen molar-refractivity contribution in [3.05, 3.63) is 47.7 Å². The number of aliphatic hydroxyl groups excluding tert-OH is 1. The van der Waals surface area contributed by atoms with E-state index in [0.717, 1.165) is 24.0 Å². The molecule has 0 aliphatic carbocycles. The van der Waals surface area contributed by atoms with Crippen molar-refractivity contribution in [3.8, 4) is 0 Å². The van der Waals surface area contributed by atoms with E-state index in [0.29, 0.717) is 0 Å². The van der Waals surface area contributed by atoms with Crippen molar-refractivity contribution in [1.29, 1.82) is 0 Å². The number of aromatic nitrogens is 1. The van der Waals surface area contributed by atoms with Gasteiger partial charge in [-0.3, -0.25) is 0 Å². The van der Waals surface area contributed by atoms with E-state index in [1.54, 1.807) is 6.08 Å². The minimum Gasteiger partial charge on any atom is -0.516 e. The summed E-state index contributed by atoms with van der Waals surface area (Å²) in [5, 5.41) is 13.3. The van der Waals surface area contributed by atoms with Gasteiger partial charge in [-0.05, 0) is 42.7 Å². The van der Waals surface area contributed by atoms with Gasteiger partial charge in [0, 0.05) is 5.39 Å². The van der Waals surface area contributed by atoms with Gasteiger partial charge in [-0.15, -0.1) is 0 Å². The molecule has 1 aliphatic heterocycles. The number of pyridine rings is 1. The lowest BCUT2D eigenvalue weighted by molar-refractivity contribution is 0.469. The topological polar surface area (TPSA) is 45.2 Å². The zero-order valence-corrected chi connectivity index (χ0v) is 9.64. The molecule has 17 heavy (non-hydrogen) atoms. The molecule has 0 saturated heterocycles. The summed E-state index contributed by atoms with van der Waals surface area (Å²) < 4.78 is 0. The Kier molecular flexibility index (Phi) is 2.25. The van der Waals surface area contributed by atoms with Crippen LogP contribution in [0.4, 0.5) is 5.82 Å². The van der Waals surface area contributed by atoms with Crippen LogP contribution in [0.15, 0.2) is 36.6 Å². The van der Waals surface area contributed by atoms with Gasteiger partial charge in [0.25, 0.3) is 0 Å². The summed E-state index contributed by atoms with van der Waals surface area (Å²) in [4.78, 5) is 4.62. The van der Waals surface area contributed by atoms with Crippen LogP contribution in [-0.4, -0.2) is 16.1 Å². The molecule has 2 N–H and O–H groups in total. The highest BCUT2D eigenvalue weighted by molar-refractivity contribution is 5.83. The van der Waals surface area contributed by atoms with Crippen molar-refractivity contribution in [2.24, 2.45) is 0 Å². The first-order chi connectivity index (χ1) is 8.26. The first kappa shape index (κ1) is 10.1. The number of aryl methyl sites for hydroxylation is 1. The summed E-state index contributed by atoms with van der Waals surface area (Å²) in [7, 11) is 0. The van der Waals surface area contributed by atoms with Crippen LogP contribution in [-0.2, 0) is 6.42 Å². The average molecular weight is 226 g/mol. The number of fused-ring (bicyclic) bond motifs is 2. The Morgan fingerprint density at radius 2 is 2.29 bits per heavy atom. The Bertz CT molecular complexity index is 604. The van der Waals surface area contributed by atoms with Crippen LogP contribution < -0.4 is 5.32 Å². The molecule has 1 aliphatic rings. The summed E-state index contributed by atoms with van der Waals surface area (Å²) in [5.41, 5.74) is 3.45. The highest BCUT2D eigenvalue weighted by Crippen LogP contribution is 2.28. The minimum absolute atomic E-state index is 0.153. The van der Waals surface area contributed by atoms with Gasteiger partial charge < -0.3 is 10.4 Å². The lowest BCUT2D eigenvalue weighted by Gasteiger charge is -2.04. The predicted molar refractivity (Wildman–Crippen MR) is 69.4 cm³/mol. The van der Waals surface area contributed by atoms with Crippen LogP contribution in [0.3, 0.4) is 0 Å². The Hall–Kier alpha value is -2.03. The number of hydrogen-bond donors (Lipinski definition) is 2. The molecule has 3 rings (SSSR count). The second kappa shape index (κ2) is 3.77. The van der Waals surface area contributed by atoms with Gasteiger partial charge in [0.1, 0.15) is 5.82 Å². The first-order valence-corrected chi connectivity index (χ1v) is 5.74. The normalized spacial score (nSPS) is 18.5. The molecule has 0 fully saturated rings. The summed E-state index contributed by atoms with van der Waals surface area (Å²) in [5.74, 6) is 0.936. The number of anilines is 1. The Labute approximate surface area is 99.8 Å². The van der Waals surface area contributed by atoms with E-state index in [4.69, 9.17) is 5.11 Å². The van der Waals surface area contributed by atoms with Crippen molar-refractivity contribution in [3.63, 3.8) is 0 Å². The van der Waals surface area contributed by atoms with Gasteiger partial charge in [0.15, 0.2) is 0 Å². The average Bonchev–Trinajstić information content (AvgIpc) is 2.67. The minimum atomic E-state index is 0.153. The fourth-order valence-electron chi connectivity index (χ4n) is 2.29. The molecule has 0 amide bonds. The van der Waals surface area contributed by atoms with Crippen molar-refractivity contribution in [1.82, 2.24) is 4.98 Å². The zero-order valence-electron chi connectivity index (χ0n) is 9.64. The second-order valence-electron chi connectivity index (χ2n) is 4.49. The van der Waals surface area contributed by atoms with Crippen LogP contribution >= 0.6 is 0 Å². The molecule has 2 heterocycles. The molecule has 0 saturated carbocycles. The summed E-state index contributed by atoms with van der Waals surface area (Å²) in [6, 6.07) is 8.62. The standard InChI is InChI=1S/C14H14N2O/c1-9-2-3-10-7-11-8-12(4-5-17)15-14(11)16-13(10)6-9/h2-7,12,17H,8H2,1H3,(H,15,16)/b5-4+. The maximum absolute atomic E-state index is 8.79. The van der Waals surface area contributed by atoms with Crippen LogP contribution in [0.1, 0.15) is 11.1 Å². The largest absolute Gasteiger partial charge is 0.516 e. The molecule has 1 aromatic heterocycles. The smallest absolute Gasteiger partial charge is 0.130 e. The van der Waals surface area contributed by atoms with E-state index in [9.17, 15) is 0 Å². The third-order valence-corrected chi connectivity index (χ3v) is 3.13. The number of rotatable bonds is 1. The highest BCUT2D eigenvalue weighted by Gasteiger charge is 2.20. The number of aliphatic hydroxyl groups is 1. The van der Waals surface area contributed by atoms with Gasteiger partial charge >= 0.3 is 0 Å². The van der Waals surface area contributed by atoms with Gasteiger partial charge in [-0.1, -0.05) is 12.1 Å². The number of nitrogens with zero attached hydrogens (tertiary/aromatic N) is 1. The molecule has 3 heteroatoms. The molecule has 0 radical (unpaired) electrons. The molecule has 1 atom stereocenters. The molecule has 3 nitrogen and oxygen atoms in total. The predicted octanol–water partition coefficient (Wildman–Crippen LogP) is 2.95. The lowest BCUT2D eigenvalue weighted by atomic mass is 10.1. The van der Waals surface area contributed by atoms with E-state index in [1.165, 1.54) is 16.5 Å². The Morgan fingerprint density at radius 1 is 1.41 bits per heavy atom. The van der Waals surface area contributed by atoms with Crippen molar-refractivity contribution >= 4 is 16.7 Å². The zero-order chi connectivity index (χ0) is 11.8. The van der Waals surface area contributed by atoms with Crippen molar-refractivity contribution in [2.75, 3.05) is 5.32 Å². The third kappa shape index (κ3) is 1.73. The van der Waals surface area contributed by atoms with Crippen molar-refractivity contribution < 1.29 is 5.11 Å². The van der Waals surface area contributed by atoms with E-state index in [1.807, 2.05) is 0 Å². The van der Waals surface area contributed by atoms with Gasteiger partial charge in [0.2, 0.25) is 0 Å². The SMILES string of the molecule is Cc1ccc2cc3c(nc2c1)NC(/C=C/O)C3. The Balaban J connectivity index is 2.08. The molecule has 86 valence electrons. The van der Waals surface area contributed by atoms with Gasteiger partial charge in [-0.2, -0.15) is 0 Å². The quantitative estimate of drug-likeness (QED) is 0.735.